The standard InChI is InChI=1S/C15H28N4/c1-6-13-9-8-11(3)19(13)15-14(10-16-7-2)12(4)17-18(15)5/h11,13,16H,6-10H2,1-5H3. The Morgan fingerprint density at radius 1 is 1.32 bits per heavy atom. The molecule has 0 aromatic carbocycles. The number of aryl methyl sites for hydroxylation is 2. The molecule has 0 aliphatic carbocycles. The minimum absolute atomic E-state index is 0.625. The van der Waals surface area contributed by atoms with Gasteiger partial charge in [0, 0.05) is 31.2 Å². The van der Waals surface area contributed by atoms with Gasteiger partial charge in [-0.1, -0.05) is 13.8 Å². The van der Waals surface area contributed by atoms with E-state index in [2.05, 4.69) is 54.7 Å². The van der Waals surface area contributed by atoms with Gasteiger partial charge in [0.2, 0.25) is 0 Å². The highest BCUT2D eigenvalue weighted by atomic mass is 15.4. The van der Waals surface area contributed by atoms with Crippen LogP contribution in [0.25, 0.3) is 0 Å². The molecule has 1 saturated heterocycles. The Bertz CT molecular complexity index is 424. The summed E-state index contributed by atoms with van der Waals surface area (Å²) >= 11 is 0. The Labute approximate surface area is 117 Å². The third kappa shape index (κ3) is 2.64. The normalized spacial score (nSPS) is 23.3. The van der Waals surface area contributed by atoms with Crippen LogP contribution in [0.1, 0.15) is 51.3 Å². The molecule has 1 aromatic heterocycles. The number of hydrogen-bond donors (Lipinski definition) is 1. The van der Waals surface area contributed by atoms with Gasteiger partial charge in [0.25, 0.3) is 0 Å². The first kappa shape index (κ1) is 14.4. The number of hydrogen-bond acceptors (Lipinski definition) is 3. The van der Waals surface area contributed by atoms with E-state index in [1.807, 2.05) is 0 Å². The van der Waals surface area contributed by atoms with Crippen molar-refractivity contribution < 1.29 is 0 Å². The van der Waals surface area contributed by atoms with Crippen LogP contribution < -0.4 is 10.2 Å². The number of aromatic nitrogens is 2. The van der Waals surface area contributed by atoms with Gasteiger partial charge in [0.05, 0.1) is 5.69 Å². The van der Waals surface area contributed by atoms with E-state index in [0.29, 0.717) is 12.1 Å². The predicted octanol–water partition coefficient (Wildman–Crippen LogP) is 2.61. The van der Waals surface area contributed by atoms with Gasteiger partial charge in [-0.2, -0.15) is 5.10 Å². The smallest absolute Gasteiger partial charge is 0.131 e. The van der Waals surface area contributed by atoms with E-state index in [-0.39, 0.29) is 0 Å². The van der Waals surface area contributed by atoms with Gasteiger partial charge in [0.15, 0.2) is 0 Å². The van der Waals surface area contributed by atoms with Crippen LogP contribution in [0.2, 0.25) is 0 Å². The monoisotopic (exact) mass is 264 g/mol. The van der Waals surface area contributed by atoms with Crippen LogP contribution in [0.5, 0.6) is 0 Å². The summed E-state index contributed by atoms with van der Waals surface area (Å²) < 4.78 is 2.08. The average molecular weight is 264 g/mol. The van der Waals surface area contributed by atoms with Crippen molar-refractivity contribution in [3.8, 4) is 0 Å². The van der Waals surface area contributed by atoms with Crippen LogP contribution in [0, 0.1) is 6.92 Å². The van der Waals surface area contributed by atoms with Gasteiger partial charge in [-0.15, -0.1) is 0 Å². The summed E-state index contributed by atoms with van der Waals surface area (Å²) in [6, 6.07) is 1.30. The third-order valence-corrected chi connectivity index (χ3v) is 4.37. The lowest BCUT2D eigenvalue weighted by Gasteiger charge is -2.31. The second kappa shape index (κ2) is 5.95. The fraction of sp³-hybridized carbons (Fsp3) is 0.800. The Morgan fingerprint density at radius 3 is 2.68 bits per heavy atom. The highest BCUT2D eigenvalue weighted by Gasteiger charge is 2.33. The van der Waals surface area contributed by atoms with Crippen LogP contribution >= 0.6 is 0 Å². The van der Waals surface area contributed by atoms with Crippen molar-refractivity contribution in [2.24, 2.45) is 7.05 Å². The van der Waals surface area contributed by atoms with E-state index in [4.69, 9.17) is 0 Å². The van der Waals surface area contributed by atoms with Crippen LogP contribution in [-0.2, 0) is 13.6 Å². The van der Waals surface area contributed by atoms with Gasteiger partial charge in [-0.25, -0.2) is 0 Å². The first-order valence-corrected chi connectivity index (χ1v) is 7.61. The third-order valence-electron chi connectivity index (χ3n) is 4.37. The lowest BCUT2D eigenvalue weighted by molar-refractivity contribution is 0.593. The number of rotatable bonds is 5. The molecule has 108 valence electrons. The van der Waals surface area contributed by atoms with Crippen LogP contribution in [0.3, 0.4) is 0 Å². The second-order valence-corrected chi connectivity index (χ2v) is 5.69. The van der Waals surface area contributed by atoms with Gasteiger partial charge in [0.1, 0.15) is 5.82 Å². The summed E-state index contributed by atoms with van der Waals surface area (Å²) in [5, 5.41) is 8.10. The number of anilines is 1. The molecule has 4 heteroatoms. The molecular weight excluding hydrogens is 236 g/mol. The topological polar surface area (TPSA) is 33.1 Å². The van der Waals surface area contributed by atoms with E-state index in [1.54, 1.807) is 0 Å². The lowest BCUT2D eigenvalue weighted by atomic mass is 10.1. The summed E-state index contributed by atoms with van der Waals surface area (Å²) in [5.41, 5.74) is 2.53. The molecule has 2 rings (SSSR count). The van der Waals surface area contributed by atoms with Crippen LogP contribution in [0.4, 0.5) is 5.82 Å². The van der Waals surface area contributed by atoms with Gasteiger partial charge in [-0.3, -0.25) is 4.68 Å². The van der Waals surface area contributed by atoms with Crippen molar-refractivity contribution in [1.82, 2.24) is 15.1 Å². The maximum absolute atomic E-state index is 4.65. The molecule has 2 atom stereocenters. The van der Waals surface area contributed by atoms with Gasteiger partial charge < -0.3 is 10.2 Å². The zero-order valence-electron chi connectivity index (χ0n) is 13.0. The summed E-state index contributed by atoms with van der Waals surface area (Å²) in [4.78, 5) is 2.60. The lowest BCUT2D eigenvalue weighted by Crippen LogP contribution is -2.36. The molecule has 1 N–H and O–H groups in total. The first-order valence-electron chi connectivity index (χ1n) is 7.61. The van der Waals surface area contributed by atoms with Crippen molar-refractivity contribution in [1.29, 1.82) is 0 Å². The highest BCUT2D eigenvalue weighted by Crippen LogP contribution is 2.34. The summed E-state index contributed by atoms with van der Waals surface area (Å²) in [5.74, 6) is 1.33. The minimum Gasteiger partial charge on any atom is -0.351 e. The second-order valence-electron chi connectivity index (χ2n) is 5.69. The van der Waals surface area contributed by atoms with Crippen molar-refractivity contribution >= 4 is 5.82 Å². The molecule has 1 aromatic rings. The molecule has 2 unspecified atom stereocenters. The Balaban J connectivity index is 2.36. The quantitative estimate of drug-likeness (QED) is 0.887. The molecule has 1 aliphatic rings. The molecule has 4 nitrogen and oxygen atoms in total. The average Bonchev–Trinajstić information content (AvgIpc) is 2.87. The molecule has 0 radical (unpaired) electrons. The maximum atomic E-state index is 4.65. The first-order chi connectivity index (χ1) is 9.10. The van der Waals surface area contributed by atoms with Crippen LogP contribution in [-0.4, -0.2) is 28.4 Å². The minimum atomic E-state index is 0.625. The molecule has 0 spiro atoms. The van der Waals surface area contributed by atoms with Crippen molar-refractivity contribution in [2.75, 3.05) is 11.4 Å². The summed E-state index contributed by atoms with van der Waals surface area (Å²) in [6.07, 6.45) is 3.82. The Hall–Kier alpha value is -1.03. The highest BCUT2D eigenvalue weighted by molar-refractivity contribution is 5.52. The van der Waals surface area contributed by atoms with Gasteiger partial charge in [-0.05, 0) is 39.7 Å². The fourth-order valence-corrected chi connectivity index (χ4v) is 3.32. The fourth-order valence-electron chi connectivity index (χ4n) is 3.32. The van der Waals surface area contributed by atoms with Crippen molar-refractivity contribution in [3.63, 3.8) is 0 Å². The predicted molar refractivity (Wildman–Crippen MR) is 80.6 cm³/mol. The van der Waals surface area contributed by atoms with Gasteiger partial charge >= 0.3 is 0 Å². The molecule has 0 bridgehead atoms. The molecule has 0 saturated carbocycles. The Kier molecular flexibility index (Phi) is 4.50. The number of nitrogens with one attached hydrogen (secondary N) is 1. The number of nitrogens with zero attached hydrogens (tertiary/aromatic N) is 3. The molecule has 1 aliphatic heterocycles. The molecule has 0 amide bonds. The van der Waals surface area contributed by atoms with E-state index in [1.165, 1.54) is 30.6 Å². The maximum Gasteiger partial charge on any atom is 0.131 e. The van der Waals surface area contributed by atoms with Crippen molar-refractivity contribution in [2.45, 2.75) is 65.6 Å². The van der Waals surface area contributed by atoms with E-state index in [0.717, 1.165) is 18.8 Å². The Morgan fingerprint density at radius 2 is 2.05 bits per heavy atom. The summed E-state index contributed by atoms with van der Waals surface area (Å²) in [7, 11) is 2.08. The SMILES string of the molecule is CCNCc1c(C)nn(C)c1N1C(C)CCC1CC. The van der Waals surface area contributed by atoms with E-state index >= 15 is 0 Å². The summed E-state index contributed by atoms with van der Waals surface area (Å²) in [6.45, 7) is 10.8. The molecular formula is C15H28N4. The van der Waals surface area contributed by atoms with Crippen molar-refractivity contribution in [3.05, 3.63) is 11.3 Å². The van der Waals surface area contributed by atoms with E-state index < -0.39 is 0 Å². The zero-order valence-corrected chi connectivity index (χ0v) is 13.0. The zero-order chi connectivity index (χ0) is 14.0. The van der Waals surface area contributed by atoms with Crippen LogP contribution in [0.15, 0.2) is 0 Å². The molecule has 1 fully saturated rings. The molecule has 2 heterocycles. The largest absolute Gasteiger partial charge is 0.351 e. The van der Waals surface area contributed by atoms with E-state index in [9.17, 15) is 0 Å². The molecule has 19 heavy (non-hydrogen) atoms.